The molecule has 0 aromatic carbocycles. The van der Waals surface area contributed by atoms with Crippen molar-refractivity contribution < 1.29 is 17.6 Å². The van der Waals surface area contributed by atoms with Crippen molar-refractivity contribution >= 4 is 0 Å². The van der Waals surface area contributed by atoms with Gasteiger partial charge < -0.3 is 0 Å². The van der Waals surface area contributed by atoms with Gasteiger partial charge in [-0.05, 0) is 73.6 Å². The molecule has 2 heterocycles. The van der Waals surface area contributed by atoms with Gasteiger partial charge in [-0.1, -0.05) is 27.7 Å². The van der Waals surface area contributed by atoms with E-state index in [1.807, 2.05) is 13.0 Å². The lowest BCUT2D eigenvalue weighted by Gasteiger charge is -2.21. The van der Waals surface area contributed by atoms with Gasteiger partial charge in [0, 0.05) is 29.1 Å². The van der Waals surface area contributed by atoms with Crippen molar-refractivity contribution in [2.24, 2.45) is 0 Å². The van der Waals surface area contributed by atoms with Crippen LogP contribution in [0, 0.1) is 6.92 Å². The lowest BCUT2D eigenvalue weighted by molar-refractivity contribution is -0.139. The van der Waals surface area contributed by atoms with E-state index in [1.54, 1.807) is 12.3 Å². The van der Waals surface area contributed by atoms with E-state index in [4.69, 9.17) is 0 Å². The summed E-state index contributed by atoms with van der Waals surface area (Å²) in [6, 6.07) is 3.60. The first-order valence-corrected chi connectivity index (χ1v) is 11.2. The highest BCUT2D eigenvalue weighted by Crippen LogP contribution is 2.46. The van der Waals surface area contributed by atoms with E-state index in [2.05, 4.69) is 30.7 Å². The molecule has 1 fully saturated rings. The summed E-state index contributed by atoms with van der Waals surface area (Å²) in [6.45, 7) is 9.19. The quantitative estimate of drug-likeness (QED) is 0.392. The minimum Gasteiger partial charge on any atom is -0.261 e. The zero-order valence-corrected chi connectivity index (χ0v) is 19.0. The van der Waals surface area contributed by atoms with Crippen LogP contribution < -0.4 is 0 Å². The van der Waals surface area contributed by atoms with Crippen molar-refractivity contribution in [2.45, 2.75) is 96.8 Å². The van der Waals surface area contributed by atoms with E-state index in [0.717, 1.165) is 42.6 Å². The van der Waals surface area contributed by atoms with Crippen molar-refractivity contribution in [3.63, 3.8) is 0 Å². The number of hydrogen-bond acceptors (Lipinski definition) is 2. The van der Waals surface area contributed by atoms with E-state index in [0.29, 0.717) is 5.56 Å². The minimum absolute atomic E-state index is 0.0289. The Morgan fingerprint density at radius 2 is 1.65 bits per heavy atom. The number of aryl methyl sites for hydroxylation is 1. The minimum atomic E-state index is -4.37. The normalized spacial score (nSPS) is 16.6. The number of pyridine rings is 2. The maximum atomic E-state index is 13.6. The smallest absolute Gasteiger partial charge is 0.261 e. The highest BCUT2D eigenvalue weighted by atomic mass is 19.4. The maximum absolute atomic E-state index is 13.6. The van der Waals surface area contributed by atoms with Crippen LogP contribution in [0.25, 0.3) is 0 Å². The van der Waals surface area contributed by atoms with Gasteiger partial charge in [-0.2, -0.15) is 13.2 Å². The average molecular weight is 437 g/mol. The number of nitrogens with zero attached hydrogens (tertiary/aromatic N) is 2. The first-order valence-electron chi connectivity index (χ1n) is 11.2. The van der Waals surface area contributed by atoms with Gasteiger partial charge in [0.1, 0.15) is 6.67 Å². The highest BCUT2D eigenvalue weighted by Gasteiger charge is 2.41. The van der Waals surface area contributed by atoms with E-state index in [9.17, 15) is 17.6 Å². The molecule has 0 radical (unpaired) electrons. The fraction of sp³-hybridized carbons (Fsp3) is 0.600. The summed E-state index contributed by atoms with van der Waals surface area (Å²) >= 11 is 0. The molecule has 0 amide bonds. The third kappa shape index (κ3) is 5.45. The topological polar surface area (TPSA) is 25.8 Å². The summed E-state index contributed by atoms with van der Waals surface area (Å²) in [5.74, 6) is 0.354. The Bertz CT molecular complexity index is 916. The molecule has 3 rings (SSSR count). The van der Waals surface area contributed by atoms with Crippen LogP contribution in [0.2, 0.25) is 0 Å². The van der Waals surface area contributed by atoms with E-state index < -0.39 is 18.4 Å². The molecule has 1 saturated carbocycles. The lowest BCUT2D eigenvalue weighted by Crippen LogP contribution is -2.15. The lowest BCUT2D eigenvalue weighted by atomic mass is 9.87. The third-order valence-electron chi connectivity index (χ3n) is 6.36. The summed E-state index contributed by atoms with van der Waals surface area (Å²) < 4.78 is 54.2. The van der Waals surface area contributed by atoms with Crippen LogP contribution in [-0.4, -0.2) is 9.97 Å². The molecule has 31 heavy (non-hydrogen) atoms. The summed E-state index contributed by atoms with van der Waals surface area (Å²) in [6.07, 6.45) is 0.383. The summed E-state index contributed by atoms with van der Waals surface area (Å²) in [7, 11) is 0. The summed E-state index contributed by atoms with van der Waals surface area (Å²) in [5, 5.41) is 0. The molecule has 0 N–H and O–H groups in total. The molecule has 1 aliphatic carbocycles. The van der Waals surface area contributed by atoms with Crippen LogP contribution in [0.3, 0.4) is 0 Å². The Kier molecular flexibility index (Phi) is 7.07. The fourth-order valence-electron chi connectivity index (χ4n) is 4.20. The molecular weight excluding hydrogens is 404 g/mol. The molecule has 1 aliphatic rings. The number of hydrogen-bond donors (Lipinski definition) is 0. The van der Waals surface area contributed by atoms with E-state index in [1.165, 1.54) is 6.92 Å². The maximum Gasteiger partial charge on any atom is 0.418 e. The molecule has 2 unspecified atom stereocenters. The summed E-state index contributed by atoms with van der Waals surface area (Å²) in [4.78, 5) is 8.86. The van der Waals surface area contributed by atoms with Crippen LogP contribution >= 0.6 is 0 Å². The Labute approximate surface area is 182 Å². The molecule has 0 bridgehead atoms. The Morgan fingerprint density at radius 1 is 1.00 bits per heavy atom. The molecule has 6 heteroatoms. The van der Waals surface area contributed by atoms with E-state index >= 15 is 0 Å². The molecule has 2 aromatic rings. The first kappa shape index (κ1) is 23.7. The van der Waals surface area contributed by atoms with Gasteiger partial charge >= 0.3 is 6.18 Å². The molecule has 2 nitrogen and oxygen atoms in total. The Morgan fingerprint density at radius 3 is 2.19 bits per heavy atom. The van der Waals surface area contributed by atoms with Gasteiger partial charge in [0.25, 0.3) is 0 Å². The number of halogens is 4. The fourth-order valence-corrected chi connectivity index (χ4v) is 4.20. The monoisotopic (exact) mass is 436 g/mol. The molecular formula is C25H32F4N2. The average Bonchev–Trinajstić information content (AvgIpc) is 3.54. The molecule has 0 spiro atoms. The van der Waals surface area contributed by atoms with Crippen molar-refractivity contribution in [3.05, 3.63) is 57.7 Å². The predicted molar refractivity (Wildman–Crippen MR) is 115 cm³/mol. The molecule has 2 atom stereocenters. The SMILES string of the molecule is Cc1cc(C(C)CCC(C)c2cc(C(C)C)ncc2CF)nc(C2CC2)c1C(F)(F)F. The van der Waals surface area contributed by atoms with Gasteiger partial charge in [0.2, 0.25) is 0 Å². The van der Waals surface area contributed by atoms with Gasteiger partial charge in [-0.15, -0.1) is 0 Å². The predicted octanol–water partition coefficient (Wildman–Crippen LogP) is 7.96. The Balaban J connectivity index is 1.78. The largest absolute Gasteiger partial charge is 0.418 e. The number of rotatable bonds is 8. The van der Waals surface area contributed by atoms with Gasteiger partial charge in [-0.25, -0.2) is 4.39 Å². The molecule has 2 aromatic heterocycles. The number of alkyl halides is 4. The van der Waals surface area contributed by atoms with E-state index in [-0.39, 0.29) is 34.9 Å². The highest BCUT2D eigenvalue weighted by molar-refractivity contribution is 5.39. The van der Waals surface area contributed by atoms with Gasteiger partial charge in [-0.3, -0.25) is 9.97 Å². The summed E-state index contributed by atoms with van der Waals surface area (Å²) in [5.41, 5.74) is 3.19. The van der Waals surface area contributed by atoms with Crippen molar-refractivity contribution in [1.82, 2.24) is 9.97 Å². The van der Waals surface area contributed by atoms with Crippen LogP contribution in [0.4, 0.5) is 17.6 Å². The van der Waals surface area contributed by atoms with Gasteiger partial charge in [0.05, 0.1) is 11.3 Å². The van der Waals surface area contributed by atoms with Crippen molar-refractivity contribution in [1.29, 1.82) is 0 Å². The van der Waals surface area contributed by atoms with Crippen molar-refractivity contribution in [2.75, 3.05) is 0 Å². The Hall–Kier alpha value is -1.98. The van der Waals surface area contributed by atoms with Gasteiger partial charge in [0.15, 0.2) is 0 Å². The number of aromatic nitrogens is 2. The van der Waals surface area contributed by atoms with Crippen molar-refractivity contribution in [3.8, 4) is 0 Å². The standard InChI is InChI=1S/C25H32F4N2/c1-14(2)21-11-20(19(12-26)13-30-21)15(3)6-7-16(4)22-10-17(5)23(25(27,28)29)24(31-22)18-8-9-18/h10-11,13-16,18H,6-9,12H2,1-5H3. The second-order valence-electron chi connectivity index (χ2n) is 9.37. The molecule has 170 valence electrons. The molecule has 0 aliphatic heterocycles. The molecule has 0 saturated heterocycles. The van der Waals surface area contributed by atoms with Crippen LogP contribution in [-0.2, 0) is 12.9 Å². The first-order chi connectivity index (χ1) is 14.5. The van der Waals surface area contributed by atoms with Crippen LogP contribution in [0.1, 0.15) is 116 Å². The second kappa shape index (κ2) is 9.25. The third-order valence-corrected chi connectivity index (χ3v) is 6.36. The second-order valence-corrected chi connectivity index (χ2v) is 9.37. The zero-order valence-electron chi connectivity index (χ0n) is 19.0. The van der Waals surface area contributed by atoms with Crippen LogP contribution in [0.15, 0.2) is 18.3 Å². The van der Waals surface area contributed by atoms with Crippen LogP contribution in [0.5, 0.6) is 0 Å². The zero-order chi connectivity index (χ0) is 22.9.